The van der Waals surface area contributed by atoms with Gasteiger partial charge in [-0.2, -0.15) is 0 Å². The summed E-state index contributed by atoms with van der Waals surface area (Å²) in [5.74, 6) is -0.918. The summed E-state index contributed by atoms with van der Waals surface area (Å²) in [6.45, 7) is 0.738. The van der Waals surface area contributed by atoms with Gasteiger partial charge in [0.1, 0.15) is 11.5 Å². The van der Waals surface area contributed by atoms with Gasteiger partial charge in [-0.05, 0) is 35.9 Å². The van der Waals surface area contributed by atoms with Crippen LogP contribution in [0.2, 0.25) is 5.02 Å². The third-order valence-corrected chi connectivity index (χ3v) is 4.15. The molecule has 132 valence electrons. The van der Waals surface area contributed by atoms with Crippen LogP contribution in [0.15, 0.2) is 66.9 Å². The Morgan fingerprint density at radius 2 is 1.92 bits per heavy atom. The van der Waals surface area contributed by atoms with Crippen LogP contribution in [0.3, 0.4) is 0 Å². The molecule has 0 aliphatic carbocycles. The molecule has 1 aromatic heterocycles. The highest BCUT2D eigenvalue weighted by molar-refractivity contribution is 6.31. The van der Waals surface area contributed by atoms with Crippen LogP contribution in [0.5, 0.6) is 0 Å². The minimum Gasteiger partial charge on any atom is -0.369 e. The number of hydrogen-bond acceptors (Lipinski definition) is 3. The van der Waals surface area contributed by atoms with Gasteiger partial charge in [0.05, 0.1) is 16.9 Å². The number of nitrogens with one attached hydrogen (secondary N) is 1. The summed E-state index contributed by atoms with van der Waals surface area (Å²) in [7, 11) is 1.96. The van der Waals surface area contributed by atoms with Crippen molar-refractivity contribution in [3.05, 3.63) is 89.0 Å². The number of benzene rings is 2. The maximum atomic E-state index is 13.2. The predicted octanol–water partition coefficient (Wildman–Crippen LogP) is 4.76. The molecule has 0 bridgehead atoms. The van der Waals surface area contributed by atoms with E-state index in [1.807, 2.05) is 36.2 Å². The number of nitrogens with zero attached hydrogens (tertiary/aromatic N) is 2. The molecule has 0 aliphatic heterocycles. The Bertz CT molecular complexity index is 901. The van der Waals surface area contributed by atoms with Gasteiger partial charge in [-0.15, -0.1) is 0 Å². The van der Waals surface area contributed by atoms with Crippen LogP contribution in [-0.2, 0) is 6.54 Å². The van der Waals surface area contributed by atoms with E-state index >= 15 is 0 Å². The molecule has 0 saturated carbocycles. The zero-order chi connectivity index (χ0) is 18.5. The molecule has 6 heteroatoms. The van der Waals surface area contributed by atoms with Crippen LogP contribution in [0.1, 0.15) is 16.1 Å². The minimum atomic E-state index is -0.534. The van der Waals surface area contributed by atoms with E-state index in [0.29, 0.717) is 5.69 Å². The Labute approximate surface area is 156 Å². The van der Waals surface area contributed by atoms with Gasteiger partial charge in [0.25, 0.3) is 5.91 Å². The fourth-order valence-corrected chi connectivity index (χ4v) is 2.64. The number of rotatable bonds is 5. The molecule has 0 spiro atoms. The monoisotopic (exact) mass is 369 g/mol. The molecule has 0 radical (unpaired) electrons. The van der Waals surface area contributed by atoms with Crippen molar-refractivity contribution in [1.29, 1.82) is 0 Å². The summed E-state index contributed by atoms with van der Waals surface area (Å²) in [5, 5.41) is 2.60. The van der Waals surface area contributed by atoms with Crippen molar-refractivity contribution >= 4 is 28.9 Å². The molecule has 1 N–H and O–H groups in total. The van der Waals surface area contributed by atoms with E-state index in [9.17, 15) is 9.18 Å². The Balaban J connectivity index is 1.66. The van der Waals surface area contributed by atoms with Gasteiger partial charge >= 0.3 is 0 Å². The molecule has 26 heavy (non-hydrogen) atoms. The van der Waals surface area contributed by atoms with E-state index in [4.69, 9.17) is 11.6 Å². The third kappa shape index (κ3) is 4.37. The molecular formula is C20H17ClFN3O. The van der Waals surface area contributed by atoms with E-state index in [1.165, 1.54) is 23.8 Å². The Morgan fingerprint density at radius 1 is 1.15 bits per heavy atom. The first-order chi connectivity index (χ1) is 12.5. The van der Waals surface area contributed by atoms with Crippen molar-refractivity contribution in [1.82, 2.24) is 4.98 Å². The van der Waals surface area contributed by atoms with Gasteiger partial charge in [-0.25, -0.2) is 9.37 Å². The predicted molar refractivity (Wildman–Crippen MR) is 102 cm³/mol. The SMILES string of the molecule is CN(Cc1ccccc1)c1ccc(C(=O)Nc2ccc(F)c(Cl)c2)nc1. The van der Waals surface area contributed by atoms with Crippen LogP contribution in [0.25, 0.3) is 0 Å². The molecule has 1 heterocycles. The molecule has 3 aromatic rings. The zero-order valence-electron chi connectivity index (χ0n) is 14.1. The van der Waals surface area contributed by atoms with Gasteiger partial charge in [0.15, 0.2) is 0 Å². The summed E-state index contributed by atoms with van der Waals surface area (Å²) in [4.78, 5) is 18.5. The second-order valence-corrected chi connectivity index (χ2v) is 6.23. The second kappa shape index (κ2) is 7.97. The highest BCUT2D eigenvalue weighted by Crippen LogP contribution is 2.20. The quantitative estimate of drug-likeness (QED) is 0.705. The van der Waals surface area contributed by atoms with Crippen molar-refractivity contribution in [3.63, 3.8) is 0 Å². The first-order valence-corrected chi connectivity index (χ1v) is 8.38. The summed E-state index contributed by atoms with van der Waals surface area (Å²) >= 11 is 5.72. The zero-order valence-corrected chi connectivity index (χ0v) is 14.9. The van der Waals surface area contributed by atoms with Crippen LogP contribution < -0.4 is 10.2 Å². The fraction of sp³-hybridized carbons (Fsp3) is 0.100. The smallest absolute Gasteiger partial charge is 0.274 e. The maximum Gasteiger partial charge on any atom is 0.274 e. The summed E-state index contributed by atoms with van der Waals surface area (Å²) < 4.78 is 13.2. The molecule has 2 aromatic carbocycles. The molecule has 0 saturated heterocycles. The minimum absolute atomic E-state index is 0.0476. The van der Waals surface area contributed by atoms with Crippen molar-refractivity contribution in [2.24, 2.45) is 0 Å². The molecule has 1 amide bonds. The molecule has 0 unspecified atom stereocenters. The van der Waals surface area contributed by atoms with Crippen LogP contribution in [-0.4, -0.2) is 17.9 Å². The highest BCUT2D eigenvalue weighted by Gasteiger charge is 2.10. The van der Waals surface area contributed by atoms with Crippen molar-refractivity contribution in [2.75, 3.05) is 17.3 Å². The normalized spacial score (nSPS) is 10.4. The number of carbonyl (C=O) groups is 1. The van der Waals surface area contributed by atoms with E-state index in [1.54, 1.807) is 12.3 Å². The lowest BCUT2D eigenvalue weighted by atomic mass is 10.2. The second-order valence-electron chi connectivity index (χ2n) is 5.83. The summed E-state index contributed by atoms with van der Waals surface area (Å²) in [5.41, 5.74) is 2.76. The lowest BCUT2D eigenvalue weighted by Crippen LogP contribution is -2.18. The molecule has 0 fully saturated rings. The van der Waals surface area contributed by atoms with E-state index < -0.39 is 5.82 Å². The number of aromatic nitrogens is 1. The fourth-order valence-electron chi connectivity index (χ4n) is 2.46. The van der Waals surface area contributed by atoms with Gasteiger partial charge < -0.3 is 10.2 Å². The number of halogens is 2. The first-order valence-electron chi connectivity index (χ1n) is 8.00. The Morgan fingerprint density at radius 3 is 2.58 bits per heavy atom. The topological polar surface area (TPSA) is 45.2 Å². The van der Waals surface area contributed by atoms with E-state index in [2.05, 4.69) is 22.4 Å². The molecule has 3 rings (SSSR count). The van der Waals surface area contributed by atoms with Crippen LogP contribution in [0.4, 0.5) is 15.8 Å². The molecular weight excluding hydrogens is 353 g/mol. The van der Waals surface area contributed by atoms with Crippen molar-refractivity contribution in [2.45, 2.75) is 6.54 Å². The van der Waals surface area contributed by atoms with Crippen LogP contribution in [0, 0.1) is 5.82 Å². The number of anilines is 2. The van der Waals surface area contributed by atoms with Crippen LogP contribution >= 0.6 is 11.6 Å². The highest BCUT2D eigenvalue weighted by atomic mass is 35.5. The summed E-state index contributed by atoms with van der Waals surface area (Å²) in [6, 6.07) is 17.6. The van der Waals surface area contributed by atoms with E-state index in [-0.39, 0.29) is 16.6 Å². The average molecular weight is 370 g/mol. The third-order valence-electron chi connectivity index (χ3n) is 3.86. The largest absolute Gasteiger partial charge is 0.369 e. The Hall–Kier alpha value is -2.92. The van der Waals surface area contributed by atoms with Crippen molar-refractivity contribution in [3.8, 4) is 0 Å². The standard InChI is InChI=1S/C20H17ClFN3O/c1-25(13-14-5-3-2-4-6-14)16-8-10-19(23-12-16)20(26)24-15-7-9-18(22)17(21)11-15/h2-12H,13H2,1H3,(H,24,26). The summed E-state index contributed by atoms with van der Waals surface area (Å²) in [6.07, 6.45) is 1.65. The number of hydrogen-bond donors (Lipinski definition) is 1. The number of carbonyl (C=O) groups excluding carboxylic acids is 1. The number of amides is 1. The Kier molecular flexibility index (Phi) is 5.49. The average Bonchev–Trinajstić information content (AvgIpc) is 2.65. The molecule has 0 aliphatic rings. The first kappa shape index (κ1) is 17.9. The van der Waals surface area contributed by atoms with Gasteiger partial charge in [0, 0.05) is 19.3 Å². The van der Waals surface area contributed by atoms with Crippen molar-refractivity contribution < 1.29 is 9.18 Å². The lowest BCUT2D eigenvalue weighted by Gasteiger charge is -2.19. The number of pyridine rings is 1. The maximum absolute atomic E-state index is 13.2. The lowest BCUT2D eigenvalue weighted by molar-refractivity contribution is 0.102. The molecule has 4 nitrogen and oxygen atoms in total. The molecule has 0 atom stereocenters. The van der Waals surface area contributed by atoms with E-state index in [0.717, 1.165) is 12.2 Å². The van der Waals surface area contributed by atoms with Gasteiger partial charge in [-0.3, -0.25) is 4.79 Å². The van der Waals surface area contributed by atoms with Gasteiger partial charge in [0.2, 0.25) is 0 Å². The van der Waals surface area contributed by atoms with Gasteiger partial charge in [-0.1, -0.05) is 41.9 Å².